The fourth-order valence-electron chi connectivity index (χ4n) is 1.34. The number of nitrogens with two attached hydrogens (primary N) is 1. The number of ketones is 1. The van der Waals surface area contributed by atoms with Gasteiger partial charge in [0, 0.05) is 6.08 Å². The summed E-state index contributed by atoms with van der Waals surface area (Å²) in [6, 6.07) is 9.08. The van der Waals surface area contributed by atoms with Crippen molar-refractivity contribution in [2.24, 2.45) is 5.73 Å². The highest BCUT2D eigenvalue weighted by Crippen LogP contribution is 2.12. The van der Waals surface area contributed by atoms with Crippen molar-refractivity contribution >= 4 is 11.9 Å². The van der Waals surface area contributed by atoms with Crippen LogP contribution in [0, 0.1) is 0 Å². The quantitative estimate of drug-likeness (QED) is 0.806. The van der Waals surface area contributed by atoms with E-state index in [2.05, 4.69) is 4.74 Å². The Balaban J connectivity index is 1.78. The summed E-state index contributed by atoms with van der Waals surface area (Å²) in [7, 11) is 0. The average molecular weight is 249 g/mol. The number of carbonyl (C=O) groups excluding carboxylic acids is 2. The van der Waals surface area contributed by atoms with Gasteiger partial charge >= 0.3 is 12.4 Å². The Kier molecular flexibility index (Phi) is 3.47. The molecule has 0 saturated heterocycles. The Hall–Kier alpha value is -2.50. The van der Waals surface area contributed by atoms with Crippen LogP contribution in [-0.2, 0) is 25.6 Å². The third kappa shape index (κ3) is 3.00. The predicted molar refractivity (Wildman–Crippen MR) is 59.9 cm³/mol. The van der Waals surface area contributed by atoms with Gasteiger partial charge in [-0.25, -0.2) is 4.79 Å². The fourth-order valence-corrected chi connectivity index (χ4v) is 1.34. The van der Waals surface area contributed by atoms with Crippen LogP contribution >= 0.6 is 0 Å². The highest BCUT2D eigenvalue weighted by Gasteiger charge is 2.30. The van der Waals surface area contributed by atoms with Crippen LogP contribution in [0.3, 0.4) is 0 Å². The molecule has 0 bridgehead atoms. The topological polar surface area (TPSA) is 87.9 Å². The minimum Gasteiger partial charge on any atom is -0.432 e. The molecule has 1 atom stereocenters. The van der Waals surface area contributed by atoms with Gasteiger partial charge in [0.1, 0.15) is 6.61 Å². The Bertz CT molecular complexity index is 483. The van der Waals surface area contributed by atoms with Gasteiger partial charge in [0.15, 0.2) is 5.88 Å². The van der Waals surface area contributed by atoms with Crippen molar-refractivity contribution in [1.82, 2.24) is 0 Å². The molecule has 0 aromatic heterocycles. The Morgan fingerprint density at radius 3 is 2.67 bits per heavy atom. The molecule has 6 nitrogen and oxygen atoms in total. The fraction of sp³-hybridized carbons (Fsp3) is 0.167. The summed E-state index contributed by atoms with van der Waals surface area (Å²) in [6.45, 7) is 0.0590. The van der Waals surface area contributed by atoms with E-state index in [-0.39, 0.29) is 12.5 Å². The van der Waals surface area contributed by atoms with E-state index in [1.807, 2.05) is 18.2 Å². The van der Waals surface area contributed by atoms with E-state index in [9.17, 15) is 9.59 Å². The molecule has 1 unspecified atom stereocenters. The van der Waals surface area contributed by atoms with Crippen molar-refractivity contribution in [2.75, 3.05) is 0 Å². The molecular weight excluding hydrogens is 238 g/mol. The molecule has 1 aromatic carbocycles. The molecule has 6 heteroatoms. The molecule has 0 fully saturated rings. The molecule has 1 aliphatic heterocycles. The molecule has 1 heterocycles. The summed E-state index contributed by atoms with van der Waals surface area (Å²) in [6.07, 6.45) is -1.27. The number of ether oxygens (including phenoxy) is 3. The minimum absolute atomic E-state index is 0.0590. The second-order valence-corrected chi connectivity index (χ2v) is 3.54. The lowest BCUT2D eigenvalue weighted by Gasteiger charge is -2.11. The third-order valence-corrected chi connectivity index (χ3v) is 2.16. The summed E-state index contributed by atoms with van der Waals surface area (Å²) in [5.41, 5.74) is 6.05. The average Bonchev–Trinajstić information content (AvgIpc) is 2.67. The van der Waals surface area contributed by atoms with Crippen LogP contribution in [0.25, 0.3) is 0 Å². The Morgan fingerprint density at radius 1 is 1.33 bits per heavy atom. The molecule has 94 valence electrons. The SMILES string of the molecule is NC1=CC(=O)C(OC(=O)OCc2ccccc2)O1. The lowest BCUT2D eigenvalue weighted by atomic mass is 10.2. The van der Waals surface area contributed by atoms with Gasteiger partial charge in [0.2, 0.25) is 5.78 Å². The van der Waals surface area contributed by atoms with Crippen molar-refractivity contribution in [2.45, 2.75) is 12.9 Å². The van der Waals surface area contributed by atoms with Crippen molar-refractivity contribution in [3.8, 4) is 0 Å². The van der Waals surface area contributed by atoms with Crippen molar-refractivity contribution in [1.29, 1.82) is 0 Å². The van der Waals surface area contributed by atoms with Crippen LogP contribution in [0.5, 0.6) is 0 Å². The van der Waals surface area contributed by atoms with E-state index >= 15 is 0 Å². The Morgan fingerprint density at radius 2 is 2.06 bits per heavy atom. The molecule has 2 N–H and O–H groups in total. The van der Waals surface area contributed by atoms with Gasteiger partial charge < -0.3 is 19.9 Å². The maximum atomic E-state index is 11.3. The summed E-state index contributed by atoms with van der Waals surface area (Å²) in [4.78, 5) is 22.5. The van der Waals surface area contributed by atoms with Gasteiger partial charge in [0.25, 0.3) is 0 Å². The first-order valence-corrected chi connectivity index (χ1v) is 5.20. The predicted octanol–water partition coefficient (Wildman–Crippen LogP) is 1.07. The highest BCUT2D eigenvalue weighted by molar-refractivity contribution is 5.95. The van der Waals surface area contributed by atoms with Crippen molar-refractivity contribution < 1.29 is 23.8 Å². The highest BCUT2D eigenvalue weighted by atomic mass is 16.8. The summed E-state index contributed by atoms with van der Waals surface area (Å²) >= 11 is 0. The van der Waals surface area contributed by atoms with Gasteiger partial charge in [-0.15, -0.1) is 0 Å². The first kappa shape index (κ1) is 12.0. The van der Waals surface area contributed by atoms with Gasteiger partial charge in [-0.1, -0.05) is 30.3 Å². The first-order chi connectivity index (χ1) is 8.65. The molecular formula is C12H11NO5. The van der Waals surface area contributed by atoms with Crippen molar-refractivity contribution in [3.63, 3.8) is 0 Å². The number of carbonyl (C=O) groups is 2. The van der Waals surface area contributed by atoms with Gasteiger partial charge in [0.05, 0.1) is 0 Å². The zero-order valence-corrected chi connectivity index (χ0v) is 9.37. The molecule has 0 radical (unpaired) electrons. The summed E-state index contributed by atoms with van der Waals surface area (Å²) < 4.78 is 14.2. The van der Waals surface area contributed by atoms with E-state index in [0.29, 0.717) is 0 Å². The van der Waals surface area contributed by atoms with E-state index in [0.717, 1.165) is 11.6 Å². The maximum Gasteiger partial charge on any atom is 0.512 e. The second-order valence-electron chi connectivity index (χ2n) is 3.54. The molecule has 18 heavy (non-hydrogen) atoms. The molecule has 0 aliphatic carbocycles. The van der Waals surface area contributed by atoms with Gasteiger partial charge in [-0.05, 0) is 5.56 Å². The second kappa shape index (κ2) is 5.22. The molecule has 1 aromatic rings. The normalized spacial score (nSPS) is 17.9. The number of hydrogen-bond donors (Lipinski definition) is 1. The minimum atomic E-state index is -1.34. The van der Waals surface area contributed by atoms with Crippen LogP contribution in [0.1, 0.15) is 5.56 Å². The lowest BCUT2D eigenvalue weighted by Crippen LogP contribution is -2.25. The number of hydrogen-bond acceptors (Lipinski definition) is 6. The third-order valence-electron chi connectivity index (χ3n) is 2.16. The number of rotatable bonds is 3. The van der Waals surface area contributed by atoms with E-state index in [1.54, 1.807) is 12.1 Å². The first-order valence-electron chi connectivity index (χ1n) is 5.20. The molecule has 0 saturated carbocycles. The monoisotopic (exact) mass is 249 g/mol. The van der Waals surface area contributed by atoms with E-state index in [1.165, 1.54) is 0 Å². The van der Waals surface area contributed by atoms with Crippen LogP contribution in [0.4, 0.5) is 4.79 Å². The van der Waals surface area contributed by atoms with Crippen LogP contribution in [0.2, 0.25) is 0 Å². The largest absolute Gasteiger partial charge is 0.512 e. The van der Waals surface area contributed by atoms with Gasteiger partial charge in [-0.3, -0.25) is 4.79 Å². The molecule has 1 aliphatic rings. The van der Waals surface area contributed by atoms with Crippen LogP contribution < -0.4 is 5.73 Å². The van der Waals surface area contributed by atoms with Crippen molar-refractivity contribution in [3.05, 3.63) is 47.9 Å². The Labute approximate surface area is 103 Å². The van der Waals surface area contributed by atoms with Gasteiger partial charge in [-0.2, -0.15) is 0 Å². The molecule has 2 rings (SSSR count). The smallest absolute Gasteiger partial charge is 0.432 e. The van der Waals surface area contributed by atoms with Crippen LogP contribution in [0.15, 0.2) is 42.3 Å². The maximum absolute atomic E-state index is 11.3. The molecule has 0 spiro atoms. The lowest BCUT2D eigenvalue weighted by molar-refractivity contribution is -0.142. The summed E-state index contributed by atoms with van der Waals surface area (Å²) in [5.74, 6) is -0.606. The standard InChI is InChI=1S/C12H11NO5/c13-10-6-9(14)11(17-10)18-12(15)16-7-8-4-2-1-3-5-8/h1-6,11H,7,13H2. The zero-order valence-electron chi connectivity index (χ0n) is 9.37. The van der Waals surface area contributed by atoms with Crippen LogP contribution in [-0.4, -0.2) is 18.2 Å². The zero-order chi connectivity index (χ0) is 13.0. The summed E-state index contributed by atoms with van der Waals surface area (Å²) in [5, 5.41) is 0. The molecule has 0 amide bonds. The van der Waals surface area contributed by atoms with E-state index in [4.69, 9.17) is 15.2 Å². The van der Waals surface area contributed by atoms with E-state index < -0.39 is 18.2 Å². The number of benzene rings is 1.